The molecule has 28 heavy (non-hydrogen) atoms. The Kier molecular flexibility index (Phi) is 6.01. The third kappa shape index (κ3) is 4.94. The fraction of sp³-hybridized carbons (Fsp3) is 0.0909. The number of ether oxygens (including phenoxy) is 2. The molecule has 0 aliphatic rings. The topological polar surface area (TPSA) is 68.1 Å². The van der Waals surface area contributed by atoms with Gasteiger partial charge in [-0.2, -0.15) is 0 Å². The van der Waals surface area contributed by atoms with Crippen LogP contribution in [-0.4, -0.2) is 24.4 Å². The SMILES string of the molecule is COc1cc(C=Nc2ccc(F)cc2)ccc1OCc1ccc(C(=O)O)cc1. The van der Waals surface area contributed by atoms with Gasteiger partial charge in [-0.15, -0.1) is 0 Å². The molecule has 0 radical (unpaired) electrons. The number of methoxy groups -OCH3 is 1. The van der Waals surface area contributed by atoms with Crippen LogP contribution in [0.4, 0.5) is 10.1 Å². The zero-order valence-electron chi connectivity index (χ0n) is 15.1. The van der Waals surface area contributed by atoms with Crippen LogP contribution in [0, 0.1) is 5.82 Å². The van der Waals surface area contributed by atoms with Crippen molar-refractivity contribution in [3.63, 3.8) is 0 Å². The fourth-order valence-corrected chi connectivity index (χ4v) is 2.46. The largest absolute Gasteiger partial charge is 0.493 e. The van der Waals surface area contributed by atoms with Crippen LogP contribution in [0.15, 0.2) is 71.7 Å². The molecule has 0 amide bonds. The van der Waals surface area contributed by atoms with E-state index in [4.69, 9.17) is 14.6 Å². The first kappa shape index (κ1) is 19.1. The summed E-state index contributed by atoms with van der Waals surface area (Å²) in [5, 5.41) is 8.93. The Hall–Kier alpha value is -3.67. The molecule has 0 atom stereocenters. The Morgan fingerprint density at radius 1 is 1.04 bits per heavy atom. The number of carbonyl (C=O) groups is 1. The average molecular weight is 379 g/mol. The number of aromatic carboxylic acids is 1. The molecule has 3 aromatic rings. The smallest absolute Gasteiger partial charge is 0.335 e. The normalized spacial score (nSPS) is 10.8. The summed E-state index contributed by atoms with van der Waals surface area (Å²) >= 11 is 0. The minimum Gasteiger partial charge on any atom is -0.493 e. The van der Waals surface area contributed by atoms with Crippen LogP contribution in [0.3, 0.4) is 0 Å². The quantitative estimate of drug-likeness (QED) is 0.595. The minimum atomic E-state index is -0.966. The number of aliphatic imine (C=N–C) groups is 1. The van der Waals surface area contributed by atoms with Gasteiger partial charge in [-0.1, -0.05) is 12.1 Å². The summed E-state index contributed by atoms with van der Waals surface area (Å²) in [4.78, 5) is 15.2. The van der Waals surface area contributed by atoms with Gasteiger partial charge in [-0.3, -0.25) is 4.99 Å². The molecule has 0 bridgehead atoms. The first-order valence-corrected chi connectivity index (χ1v) is 8.48. The van der Waals surface area contributed by atoms with Crippen LogP contribution >= 0.6 is 0 Å². The van der Waals surface area contributed by atoms with Crippen LogP contribution in [0.5, 0.6) is 11.5 Å². The highest BCUT2D eigenvalue weighted by molar-refractivity contribution is 5.87. The molecule has 5 nitrogen and oxygen atoms in total. The van der Waals surface area contributed by atoms with E-state index < -0.39 is 5.97 Å². The molecular formula is C22H18FNO4. The highest BCUT2D eigenvalue weighted by Crippen LogP contribution is 2.28. The van der Waals surface area contributed by atoms with Gasteiger partial charge in [0.25, 0.3) is 0 Å². The highest BCUT2D eigenvalue weighted by Gasteiger charge is 2.07. The lowest BCUT2D eigenvalue weighted by Gasteiger charge is -2.11. The van der Waals surface area contributed by atoms with Gasteiger partial charge < -0.3 is 14.6 Å². The molecule has 3 aromatic carbocycles. The predicted molar refractivity (Wildman–Crippen MR) is 104 cm³/mol. The fourth-order valence-electron chi connectivity index (χ4n) is 2.46. The van der Waals surface area contributed by atoms with E-state index in [2.05, 4.69) is 4.99 Å². The number of nitrogens with zero attached hydrogens (tertiary/aromatic N) is 1. The summed E-state index contributed by atoms with van der Waals surface area (Å²) in [5.74, 6) is -0.166. The second kappa shape index (κ2) is 8.81. The van der Waals surface area contributed by atoms with Gasteiger partial charge >= 0.3 is 5.97 Å². The zero-order chi connectivity index (χ0) is 19.9. The third-order valence-electron chi connectivity index (χ3n) is 3.97. The van der Waals surface area contributed by atoms with E-state index >= 15 is 0 Å². The van der Waals surface area contributed by atoms with E-state index in [0.29, 0.717) is 17.2 Å². The zero-order valence-corrected chi connectivity index (χ0v) is 15.1. The predicted octanol–water partition coefficient (Wildman–Crippen LogP) is 4.86. The van der Waals surface area contributed by atoms with Crippen molar-refractivity contribution in [2.75, 3.05) is 7.11 Å². The summed E-state index contributed by atoms with van der Waals surface area (Å²) < 4.78 is 24.1. The van der Waals surface area contributed by atoms with E-state index in [1.807, 2.05) is 6.07 Å². The molecule has 0 aromatic heterocycles. The molecule has 0 aliphatic heterocycles. The molecule has 0 saturated carbocycles. The Morgan fingerprint density at radius 3 is 2.39 bits per heavy atom. The maximum Gasteiger partial charge on any atom is 0.335 e. The standard InChI is InChI=1S/C22H18FNO4/c1-27-21-12-16(13-24-19-9-7-18(23)8-10-19)4-11-20(21)28-14-15-2-5-17(6-3-15)22(25)26/h2-13H,14H2,1H3,(H,25,26). The van der Waals surface area contributed by atoms with E-state index in [1.165, 1.54) is 24.3 Å². The second-order valence-electron chi connectivity index (χ2n) is 5.94. The Morgan fingerprint density at radius 2 is 1.75 bits per heavy atom. The van der Waals surface area contributed by atoms with Crippen LogP contribution in [0.1, 0.15) is 21.5 Å². The van der Waals surface area contributed by atoms with Crippen molar-refractivity contribution in [2.45, 2.75) is 6.61 Å². The van der Waals surface area contributed by atoms with Crippen molar-refractivity contribution in [2.24, 2.45) is 4.99 Å². The monoisotopic (exact) mass is 379 g/mol. The molecule has 0 spiro atoms. The lowest BCUT2D eigenvalue weighted by atomic mass is 10.1. The lowest BCUT2D eigenvalue weighted by Crippen LogP contribution is -2.00. The number of benzene rings is 3. The molecule has 0 heterocycles. The van der Waals surface area contributed by atoms with Crippen molar-refractivity contribution in [3.05, 3.63) is 89.2 Å². The van der Waals surface area contributed by atoms with Crippen LogP contribution in [-0.2, 0) is 6.61 Å². The first-order valence-electron chi connectivity index (χ1n) is 8.48. The van der Waals surface area contributed by atoms with Crippen molar-refractivity contribution < 1.29 is 23.8 Å². The van der Waals surface area contributed by atoms with Crippen molar-refractivity contribution >= 4 is 17.9 Å². The lowest BCUT2D eigenvalue weighted by molar-refractivity contribution is 0.0697. The van der Waals surface area contributed by atoms with E-state index in [0.717, 1.165) is 11.1 Å². The number of halogens is 1. The molecule has 6 heteroatoms. The molecular weight excluding hydrogens is 361 g/mol. The number of hydrogen-bond donors (Lipinski definition) is 1. The molecule has 3 rings (SSSR count). The maximum absolute atomic E-state index is 12.9. The summed E-state index contributed by atoms with van der Waals surface area (Å²) in [6, 6.07) is 17.8. The number of carboxylic acids is 1. The van der Waals surface area contributed by atoms with E-state index in [9.17, 15) is 9.18 Å². The van der Waals surface area contributed by atoms with Crippen molar-refractivity contribution in [3.8, 4) is 11.5 Å². The second-order valence-corrected chi connectivity index (χ2v) is 5.94. The summed E-state index contributed by atoms with van der Waals surface area (Å²) in [5.41, 5.74) is 2.52. The average Bonchev–Trinajstić information content (AvgIpc) is 2.72. The van der Waals surface area contributed by atoms with E-state index in [-0.39, 0.29) is 18.0 Å². The summed E-state index contributed by atoms with van der Waals surface area (Å²) in [7, 11) is 1.55. The minimum absolute atomic E-state index is 0.228. The number of carboxylic acid groups (broad SMARTS) is 1. The van der Waals surface area contributed by atoms with Gasteiger partial charge in [0.15, 0.2) is 11.5 Å². The molecule has 0 aliphatic carbocycles. The molecule has 0 fully saturated rings. The Balaban J connectivity index is 1.68. The Labute approximate surface area is 161 Å². The van der Waals surface area contributed by atoms with Crippen LogP contribution < -0.4 is 9.47 Å². The van der Waals surface area contributed by atoms with E-state index in [1.54, 1.807) is 49.7 Å². The molecule has 0 saturated heterocycles. The number of rotatable bonds is 7. The molecule has 1 N–H and O–H groups in total. The maximum atomic E-state index is 12.9. The van der Waals surface area contributed by atoms with Crippen LogP contribution in [0.25, 0.3) is 0 Å². The van der Waals surface area contributed by atoms with Crippen LogP contribution in [0.2, 0.25) is 0 Å². The van der Waals surface area contributed by atoms with Gasteiger partial charge in [0.2, 0.25) is 0 Å². The van der Waals surface area contributed by atoms with Gasteiger partial charge in [-0.25, -0.2) is 9.18 Å². The Bertz CT molecular complexity index is 982. The molecule has 142 valence electrons. The third-order valence-corrected chi connectivity index (χ3v) is 3.97. The number of hydrogen-bond acceptors (Lipinski definition) is 4. The molecule has 0 unspecified atom stereocenters. The first-order chi connectivity index (χ1) is 13.5. The van der Waals surface area contributed by atoms with Gasteiger partial charge in [0.05, 0.1) is 18.4 Å². The summed E-state index contributed by atoms with van der Waals surface area (Å²) in [6.45, 7) is 0.277. The van der Waals surface area contributed by atoms with Crippen molar-refractivity contribution in [1.29, 1.82) is 0 Å². The van der Waals surface area contributed by atoms with Gasteiger partial charge in [0, 0.05) is 6.21 Å². The van der Waals surface area contributed by atoms with Gasteiger partial charge in [-0.05, 0) is 65.7 Å². The van der Waals surface area contributed by atoms with Crippen molar-refractivity contribution in [1.82, 2.24) is 0 Å². The van der Waals surface area contributed by atoms with Gasteiger partial charge in [0.1, 0.15) is 12.4 Å². The summed E-state index contributed by atoms with van der Waals surface area (Å²) in [6.07, 6.45) is 1.66. The highest BCUT2D eigenvalue weighted by atomic mass is 19.1.